The lowest BCUT2D eigenvalue weighted by Crippen LogP contribution is -2.24. The molecule has 1 saturated heterocycles. The van der Waals surface area contributed by atoms with Crippen LogP contribution in [0.1, 0.15) is 36.8 Å². The summed E-state index contributed by atoms with van der Waals surface area (Å²) in [6.07, 6.45) is 5.29. The predicted octanol–water partition coefficient (Wildman–Crippen LogP) is 2.36. The molecule has 19 heavy (non-hydrogen) atoms. The van der Waals surface area contributed by atoms with E-state index in [1.807, 2.05) is 18.2 Å². The average molecular weight is 261 g/mol. The first-order valence-electron chi connectivity index (χ1n) is 6.94. The van der Waals surface area contributed by atoms with Crippen molar-refractivity contribution in [3.63, 3.8) is 0 Å². The molecule has 0 spiro atoms. The van der Waals surface area contributed by atoms with Crippen LogP contribution in [0, 0.1) is 5.41 Å². The first kappa shape index (κ1) is 13.9. The van der Waals surface area contributed by atoms with E-state index >= 15 is 0 Å². The lowest BCUT2D eigenvalue weighted by molar-refractivity contribution is 0.276. The number of nitrogens with one attached hydrogen (secondary N) is 1. The van der Waals surface area contributed by atoms with Crippen LogP contribution in [0.5, 0.6) is 5.75 Å². The predicted molar refractivity (Wildman–Crippen MR) is 77.8 cm³/mol. The zero-order valence-corrected chi connectivity index (χ0v) is 11.6. The van der Waals surface area contributed by atoms with Crippen molar-refractivity contribution in [1.29, 1.82) is 5.41 Å². The first-order valence-corrected chi connectivity index (χ1v) is 6.94. The van der Waals surface area contributed by atoms with Gasteiger partial charge in [0.1, 0.15) is 11.6 Å². The van der Waals surface area contributed by atoms with Crippen molar-refractivity contribution in [2.24, 2.45) is 5.73 Å². The number of hydrogen-bond acceptors (Lipinski definition) is 3. The summed E-state index contributed by atoms with van der Waals surface area (Å²) in [5, 5.41) is 7.52. The SMILES string of the molecule is COc1cc(CN2CCCCCC2)ccc1C(=N)N. The van der Waals surface area contributed by atoms with Gasteiger partial charge in [0.25, 0.3) is 0 Å². The molecule has 0 bridgehead atoms. The molecule has 104 valence electrons. The summed E-state index contributed by atoms with van der Waals surface area (Å²) in [5.74, 6) is 0.748. The molecule has 2 rings (SSSR count). The quantitative estimate of drug-likeness (QED) is 0.646. The summed E-state index contributed by atoms with van der Waals surface area (Å²) in [5.41, 5.74) is 7.43. The van der Waals surface area contributed by atoms with E-state index < -0.39 is 0 Å². The average Bonchev–Trinajstić information content (AvgIpc) is 2.67. The molecular weight excluding hydrogens is 238 g/mol. The molecule has 0 amide bonds. The molecule has 1 aromatic carbocycles. The molecule has 1 aromatic rings. The summed E-state index contributed by atoms with van der Waals surface area (Å²) in [4.78, 5) is 2.50. The Morgan fingerprint density at radius 2 is 1.95 bits per heavy atom. The van der Waals surface area contributed by atoms with Crippen molar-refractivity contribution in [3.8, 4) is 5.75 Å². The van der Waals surface area contributed by atoms with Gasteiger partial charge in [-0.2, -0.15) is 0 Å². The van der Waals surface area contributed by atoms with Crippen molar-refractivity contribution in [2.75, 3.05) is 20.2 Å². The highest BCUT2D eigenvalue weighted by molar-refractivity contribution is 5.97. The van der Waals surface area contributed by atoms with Crippen LogP contribution in [0.3, 0.4) is 0 Å². The lowest BCUT2D eigenvalue weighted by Gasteiger charge is -2.20. The molecule has 0 atom stereocenters. The second kappa shape index (κ2) is 6.57. The highest BCUT2D eigenvalue weighted by Crippen LogP contribution is 2.21. The van der Waals surface area contributed by atoms with Gasteiger partial charge in [-0.1, -0.05) is 18.9 Å². The van der Waals surface area contributed by atoms with E-state index in [1.54, 1.807) is 7.11 Å². The molecule has 3 N–H and O–H groups in total. The van der Waals surface area contributed by atoms with Crippen molar-refractivity contribution >= 4 is 5.84 Å². The van der Waals surface area contributed by atoms with Crippen LogP contribution in [0.25, 0.3) is 0 Å². The number of ether oxygens (including phenoxy) is 1. The smallest absolute Gasteiger partial charge is 0.130 e. The fourth-order valence-corrected chi connectivity index (χ4v) is 2.61. The third kappa shape index (κ3) is 3.70. The number of nitrogens with two attached hydrogens (primary N) is 1. The van der Waals surface area contributed by atoms with E-state index in [1.165, 1.54) is 44.3 Å². The fraction of sp³-hybridized carbons (Fsp3) is 0.533. The number of amidine groups is 1. The Bertz CT molecular complexity index is 437. The van der Waals surface area contributed by atoms with E-state index in [2.05, 4.69) is 4.90 Å². The lowest BCUT2D eigenvalue weighted by atomic mass is 10.1. The Hall–Kier alpha value is -1.55. The summed E-state index contributed by atoms with van der Waals surface area (Å²) in [7, 11) is 1.62. The van der Waals surface area contributed by atoms with Gasteiger partial charge in [0.15, 0.2) is 0 Å². The first-order chi connectivity index (χ1) is 9.20. The number of nitrogens with zero attached hydrogens (tertiary/aromatic N) is 1. The normalized spacial score (nSPS) is 16.9. The van der Waals surface area contributed by atoms with Crippen molar-refractivity contribution in [2.45, 2.75) is 32.2 Å². The summed E-state index contributed by atoms with van der Waals surface area (Å²) >= 11 is 0. The third-order valence-electron chi connectivity index (χ3n) is 3.66. The highest BCUT2D eigenvalue weighted by atomic mass is 16.5. The largest absolute Gasteiger partial charge is 0.496 e. The van der Waals surface area contributed by atoms with Gasteiger partial charge in [-0.3, -0.25) is 10.3 Å². The van der Waals surface area contributed by atoms with Crippen molar-refractivity contribution in [1.82, 2.24) is 4.90 Å². The molecule has 0 radical (unpaired) electrons. The van der Waals surface area contributed by atoms with Gasteiger partial charge in [-0.15, -0.1) is 0 Å². The maximum atomic E-state index is 7.52. The Morgan fingerprint density at radius 1 is 1.26 bits per heavy atom. The highest BCUT2D eigenvalue weighted by Gasteiger charge is 2.12. The monoisotopic (exact) mass is 261 g/mol. The number of rotatable bonds is 4. The zero-order chi connectivity index (χ0) is 13.7. The fourth-order valence-electron chi connectivity index (χ4n) is 2.61. The van der Waals surface area contributed by atoms with E-state index in [9.17, 15) is 0 Å². The Morgan fingerprint density at radius 3 is 2.53 bits per heavy atom. The number of methoxy groups -OCH3 is 1. The standard InChI is InChI=1S/C15H23N3O/c1-19-14-10-12(6-7-13(14)15(16)17)11-18-8-4-2-3-5-9-18/h6-7,10H,2-5,8-9,11H2,1H3,(H3,16,17). The van der Waals surface area contributed by atoms with Gasteiger partial charge in [-0.05, 0) is 43.6 Å². The number of benzene rings is 1. The van der Waals surface area contributed by atoms with E-state index in [4.69, 9.17) is 15.9 Å². The van der Waals surface area contributed by atoms with Crippen LogP contribution >= 0.6 is 0 Å². The molecule has 1 fully saturated rings. The molecule has 0 aromatic heterocycles. The van der Waals surface area contributed by atoms with Crippen LogP contribution in [0.2, 0.25) is 0 Å². The van der Waals surface area contributed by atoms with E-state index in [-0.39, 0.29) is 5.84 Å². The minimum Gasteiger partial charge on any atom is -0.496 e. The van der Waals surface area contributed by atoms with E-state index in [0.29, 0.717) is 11.3 Å². The molecule has 4 heteroatoms. The maximum Gasteiger partial charge on any atom is 0.130 e. The number of nitrogen functional groups attached to an aromatic ring is 1. The van der Waals surface area contributed by atoms with Crippen LogP contribution in [-0.4, -0.2) is 30.9 Å². The van der Waals surface area contributed by atoms with Gasteiger partial charge in [0, 0.05) is 6.54 Å². The minimum absolute atomic E-state index is 0.0539. The van der Waals surface area contributed by atoms with Crippen molar-refractivity contribution < 1.29 is 4.74 Å². The summed E-state index contributed by atoms with van der Waals surface area (Å²) in [6, 6.07) is 5.93. The summed E-state index contributed by atoms with van der Waals surface area (Å²) in [6.45, 7) is 3.31. The van der Waals surface area contributed by atoms with E-state index in [0.717, 1.165) is 6.54 Å². The zero-order valence-electron chi connectivity index (χ0n) is 11.6. The Kier molecular flexibility index (Phi) is 4.80. The molecule has 0 unspecified atom stereocenters. The molecule has 1 heterocycles. The molecule has 1 aliphatic rings. The molecule has 0 aliphatic carbocycles. The van der Waals surface area contributed by atoms with Crippen molar-refractivity contribution in [3.05, 3.63) is 29.3 Å². The maximum absolute atomic E-state index is 7.52. The third-order valence-corrected chi connectivity index (χ3v) is 3.66. The van der Waals surface area contributed by atoms with Crippen LogP contribution in [0.15, 0.2) is 18.2 Å². The van der Waals surface area contributed by atoms with Gasteiger partial charge in [0.2, 0.25) is 0 Å². The van der Waals surface area contributed by atoms with Crippen LogP contribution in [-0.2, 0) is 6.54 Å². The summed E-state index contributed by atoms with van der Waals surface area (Å²) < 4.78 is 5.32. The van der Waals surface area contributed by atoms with Gasteiger partial charge >= 0.3 is 0 Å². The molecule has 4 nitrogen and oxygen atoms in total. The van der Waals surface area contributed by atoms with Crippen LogP contribution < -0.4 is 10.5 Å². The van der Waals surface area contributed by atoms with Gasteiger partial charge < -0.3 is 10.5 Å². The number of hydrogen-bond donors (Lipinski definition) is 2. The molecule has 1 aliphatic heterocycles. The second-order valence-electron chi connectivity index (χ2n) is 5.14. The molecule has 0 saturated carbocycles. The van der Waals surface area contributed by atoms with Crippen LogP contribution in [0.4, 0.5) is 0 Å². The van der Waals surface area contributed by atoms with Gasteiger partial charge in [0.05, 0.1) is 12.7 Å². The Balaban J connectivity index is 2.09. The number of likely N-dealkylation sites (tertiary alicyclic amines) is 1. The minimum atomic E-state index is 0.0539. The molecular formula is C15H23N3O. The van der Waals surface area contributed by atoms with Gasteiger partial charge in [-0.25, -0.2) is 0 Å². The topological polar surface area (TPSA) is 62.3 Å². The second-order valence-corrected chi connectivity index (χ2v) is 5.14. The Labute approximate surface area is 115 Å².